The molecule has 0 aliphatic rings. The van der Waals surface area contributed by atoms with Gasteiger partial charge in [-0.25, -0.2) is 9.37 Å². The lowest BCUT2D eigenvalue weighted by atomic mass is 10.2. The second-order valence-corrected chi connectivity index (χ2v) is 8.13. The quantitative estimate of drug-likeness (QED) is 0.243. The number of anilines is 1. The Morgan fingerprint density at radius 1 is 1.03 bits per heavy atom. The number of rotatable bonds is 9. The zero-order valence-corrected chi connectivity index (χ0v) is 20.0. The molecule has 0 unspecified atom stereocenters. The lowest BCUT2D eigenvalue weighted by Crippen LogP contribution is -2.30. The molecular weight excluding hydrogens is 473 g/mol. The molecule has 1 heterocycles. The van der Waals surface area contributed by atoms with Crippen molar-refractivity contribution in [1.82, 2.24) is 4.98 Å². The maximum Gasteiger partial charge on any atom is 0.287 e. The smallest absolute Gasteiger partial charge is 0.287 e. The van der Waals surface area contributed by atoms with Crippen LogP contribution in [0.15, 0.2) is 65.8 Å². The van der Waals surface area contributed by atoms with E-state index in [0.717, 1.165) is 16.3 Å². The summed E-state index contributed by atoms with van der Waals surface area (Å²) < 4.78 is 36.0. The fraction of sp³-hybridized carbons (Fsp3) is 0.160. The number of carbonyl (C=O) groups is 1. The number of para-hydroxylation sites is 1. The number of amides is 1. The van der Waals surface area contributed by atoms with E-state index in [1.165, 1.54) is 39.7 Å². The monoisotopic (exact) mass is 495 g/mol. The second kappa shape index (κ2) is 10.8. The Balaban J connectivity index is 1.68. The van der Waals surface area contributed by atoms with Gasteiger partial charge in [-0.05, 0) is 42.5 Å². The Morgan fingerprint density at radius 2 is 1.74 bits per heavy atom. The van der Waals surface area contributed by atoms with Gasteiger partial charge in [-0.15, -0.1) is 0 Å². The van der Waals surface area contributed by atoms with Gasteiger partial charge in [0.05, 0.1) is 37.8 Å². The summed E-state index contributed by atoms with van der Waals surface area (Å²) >= 11 is 1.14. The zero-order valence-electron chi connectivity index (χ0n) is 19.2. The fourth-order valence-corrected chi connectivity index (χ4v) is 4.19. The van der Waals surface area contributed by atoms with E-state index in [4.69, 9.17) is 18.9 Å². The number of fused-ring (bicyclic) bond motifs is 1. The molecule has 0 N–H and O–H groups in total. The number of thiazole rings is 1. The molecule has 0 saturated heterocycles. The van der Waals surface area contributed by atoms with Crippen molar-refractivity contribution in [3.63, 3.8) is 0 Å². The largest absolute Gasteiger partial charge is 0.493 e. The molecule has 3 aromatic carbocycles. The van der Waals surface area contributed by atoms with Gasteiger partial charge >= 0.3 is 0 Å². The van der Waals surface area contributed by atoms with E-state index in [0.29, 0.717) is 38.8 Å². The molecule has 35 heavy (non-hydrogen) atoms. The van der Waals surface area contributed by atoms with Crippen LogP contribution in [0.4, 0.5) is 9.52 Å². The predicted octanol–water partition coefficient (Wildman–Crippen LogP) is 4.91. The van der Waals surface area contributed by atoms with E-state index in [1.807, 2.05) is 18.2 Å². The van der Waals surface area contributed by atoms with Crippen LogP contribution in [0.3, 0.4) is 0 Å². The summed E-state index contributed by atoms with van der Waals surface area (Å²) in [6, 6.07) is 16.6. The van der Waals surface area contributed by atoms with E-state index in [-0.39, 0.29) is 17.6 Å². The van der Waals surface area contributed by atoms with Crippen LogP contribution in [-0.4, -0.2) is 45.0 Å². The van der Waals surface area contributed by atoms with Crippen molar-refractivity contribution in [3.05, 3.63) is 72.0 Å². The molecule has 4 aromatic rings. The van der Waals surface area contributed by atoms with Crippen molar-refractivity contribution < 1.29 is 28.1 Å². The molecule has 0 bridgehead atoms. The van der Waals surface area contributed by atoms with E-state index in [9.17, 15) is 9.18 Å². The second-order valence-electron chi connectivity index (χ2n) is 7.12. The maximum atomic E-state index is 13.7. The molecule has 0 aliphatic carbocycles. The van der Waals surface area contributed by atoms with Gasteiger partial charge in [-0.1, -0.05) is 29.5 Å². The highest BCUT2D eigenvalue weighted by atomic mass is 32.1. The molecular formula is C25H22FN3O5S. The third-order valence-electron chi connectivity index (χ3n) is 4.87. The van der Waals surface area contributed by atoms with E-state index < -0.39 is 5.91 Å². The van der Waals surface area contributed by atoms with Gasteiger partial charge in [-0.3, -0.25) is 4.79 Å². The van der Waals surface area contributed by atoms with E-state index >= 15 is 0 Å². The molecule has 8 nitrogen and oxygen atoms in total. The van der Waals surface area contributed by atoms with E-state index in [2.05, 4.69) is 10.1 Å². The molecule has 0 atom stereocenters. The van der Waals surface area contributed by atoms with Gasteiger partial charge in [0.15, 0.2) is 18.1 Å². The Kier molecular flexibility index (Phi) is 7.41. The number of benzene rings is 3. The number of halogens is 1. The minimum Gasteiger partial charge on any atom is -0.493 e. The van der Waals surface area contributed by atoms with Crippen molar-refractivity contribution >= 4 is 38.8 Å². The first-order chi connectivity index (χ1) is 17.0. The first-order valence-electron chi connectivity index (χ1n) is 10.4. The predicted molar refractivity (Wildman–Crippen MR) is 133 cm³/mol. The molecule has 0 fully saturated rings. The summed E-state index contributed by atoms with van der Waals surface area (Å²) in [7, 11) is 4.53. The molecule has 0 saturated carbocycles. The number of nitrogens with zero attached hydrogens (tertiary/aromatic N) is 3. The highest BCUT2D eigenvalue weighted by Crippen LogP contribution is 2.38. The Morgan fingerprint density at radius 3 is 2.40 bits per heavy atom. The lowest BCUT2D eigenvalue weighted by Gasteiger charge is -2.15. The van der Waals surface area contributed by atoms with Gasteiger partial charge in [0.25, 0.3) is 5.91 Å². The molecule has 10 heteroatoms. The van der Waals surface area contributed by atoms with Crippen molar-refractivity contribution in [1.29, 1.82) is 0 Å². The lowest BCUT2D eigenvalue weighted by molar-refractivity contribution is -0.120. The summed E-state index contributed by atoms with van der Waals surface area (Å²) in [5.74, 6) is 1.00. The normalized spacial score (nSPS) is 11.0. The fourth-order valence-electron chi connectivity index (χ4n) is 3.22. The van der Waals surface area contributed by atoms with Crippen LogP contribution < -0.4 is 24.0 Å². The van der Waals surface area contributed by atoms with Crippen LogP contribution in [0.5, 0.6) is 23.0 Å². The number of hydrogen-bond donors (Lipinski definition) is 0. The molecule has 1 aromatic heterocycles. The number of hydrogen-bond acceptors (Lipinski definition) is 8. The highest BCUT2D eigenvalue weighted by molar-refractivity contribution is 7.22. The minimum atomic E-state index is -0.461. The number of carbonyl (C=O) groups excluding carboxylic acids is 1. The van der Waals surface area contributed by atoms with Crippen LogP contribution in [0.1, 0.15) is 5.56 Å². The molecule has 0 radical (unpaired) electrons. The summed E-state index contributed by atoms with van der Waals surface area (Å²) in [5, 5.41) is 5.79. The van der Waals surface area contributed by atoms with Crippen LogP contribution in [-0.2, 0) is 4.79 Å². The van der Waals surface area contributed by atoms with Gasteiger partial charge in [-0.2, -0.15) is 10.1 Å². The van der Waals surface area contributed by atoms with Crippen LogP contribution >= 0.6 is 11.3 Å². The van der Waals surface area contributed by atoms with Gasteiger partial charge < -0.3 is 18.9 Å². The summed E-state index contributed by atoms with van der Waals surface area (Å²) in [6.07, 6.45) is 1.47. The van der Waals surface area contributed by atoms with Crippen LogP contribution in [0, 0.1) is 5.82 Å². The summed E-state index contributed by atoms with van der Waals surface area (Å²) in [5.41, 5.74) is 1.14. The first kappa shape index (κ1) is 24.0. The highest BCUT2D eigenvalue weighted by Gasteiger charge is 2.21. The van der Waals surface area contributed by atoms with Gasteiger partial charge in [0.1, 0.15) is 11.6 Å². The standard InChI is InChI=1S/C25H22FN3O5S/c1-31-20-11-16(12-21(32-2)24(20)33-3)14-27-29(23(30)15-34-18-7-5-4-6-8-18)25-28-19-10-9-17(26)13-22(19)35-25/h4-14H,15H2,1-3H3/b27-14+. The zero-order chi connectivity index (χ0) is 24.8. The van der Waals surface area contributed by atoms with Crippen molar-refractivity contribution in [2.24, 2.45) is 5.10 Å². The minimum absolute atomic E-state index is 0.274. The molecule has 4 rings (SSSR count). The SMILES string of the molecule is COc1cc(/C=N/N(C(=O)COc2ccccc2)c2nc3ccc(F)cc3s2)cc(OC)c1OC. The maximum absolute atomic E-state index is 13.7. The summed E-state index contributed by atoms with van der Waals surface area (Å²) in [4.78, 5) is 17.6. The Hall–Kier alpha value is -4.18. The topological polar surface area (TPSA) is 82.5 Å². The first-order valence-corrected chi connectivity index (χ1v) is 11.2. The van der Waals surface area contributed by atoms with Gasteiger partial charge in [0.2, 0.25) is 10.9 Å². The Bertz CT molecular complexity index is 1330. The summed E-state index contributed by atoms with van der Waals surface area (Å²) in [6.45, 7) is -0.277. The average molecular weight is 496 g/mol. The van der Waals surface area contributed by atoms with Crippen molar-refractivity contribution in [2.45, 2.75) is 0 Å². The van der Waals surface area contributed by atoms with Crippen LogP contribution in [0.2, 0.25) is 0 Å². The molecule has 0 aliphatic heterocycles. The Labute approximate surface area is 205 Å². The van der Waals surface area contributed by atoms with Crippen LogP contribution in [0.25, 0.3) is 10.2 Å². The molecule has 180 valence electrons. The number of ether oxygens (including phenoxy) is 4. The van der Waals surface area contributed by atoms with E-state index in [1.54, 1.807) is 30.3 Å². The number of aromatic nitrogens is 1. The van der Waals surface area contributed by atoms with Crippen molar-refractivity contribution in [3.8, 4) is 23.0 Å². The van der Waals surface area contributed by atoms with Gasteiger partial charge in [0, 0.05) is 5.56 Å². The van der Waals surface area contributed by atoms with Crippen molar-refractivity contribution in [2.75, 3.05) is 32.9 Å². The number of methoxy groups -OCH3 is 3. The third-order valence-corrected chi connectivity index (χ3v) is 5.87. The third kappa shape index (κ3) is 5.49. The number of hydrazone groups is 1. The molecule has 0 spiro atoms. The molecule has 1 amide bonds. The average Bonchev–Trinajstić information content (AvgIpc) is 3.30.